The van der Waals surface area contributed by atoms with E-state index in [0.717, 1.165) is 17.7 Å². The van der Waals surface area contributed by atoms with E-state index in [4.69, 9.17) is 4.74 Å². The number of carbonyl (C=O) groups is 2. The molecule has 2 aromatic rings. The second-order valence-electron chi connectivity index (χ2n) is 6.18. The summed E-state index contributed by atoms with van der Waals surface area (Å²) in [6.07, 6.45) is 0.875. The molecular formula is C20H22N2O3. The first-order chi connectivity index (χ1) is 12.1. The number of amides is 2. The third-order valence-corrected chi connectivity index (χ3v) is 4.32. The van der Waals surface area contributed by atoms with Gasteiger partial charge in [-0.15, -0.1) is 0 Å². The predicted molar refractivity (Wildman–Crippen MR) is 96.2 cm³/mol. The maximum atomic E-state index is 12.5. The highest BCUT2D eigenvalue weighted by Gasteiger charge is 2.25. The van der Waals surface area contributed by atoms with E-state index in [1.165, 1.54) is 10.5 Å². The Morgan fingerprint density at radius 1 is 1.12 bits per heavy atom. The SMILES string of the molecule is CN(CC(=O)Nc1ccccc1)C(=O)CC1OCCc2ccccc21. The van der Waals surface area contributed by atoms with Gasteiger partial charge >= 0.3 is 0 Å². The van der Waals surface area contributed by atoms with E-state index in [-0.39, 0.29) is 30.9 Å². The monoisotopic (exact) mass is 338 g/mol. The summed E-state index contributed by atoms with van der Waals surface area (Å²) >= 11 is 0. The highest BCUT2D eigenvalue weighted by atomic mass is 16.5. The lowest BCUT2D eigenvalue weighted by atomic mass is 9.95. The fraction of sp³-hybridized carbons (Fsp3) is 0.300. The van der Waals surface area contributed by atoms with Gasteiger partial charge in [0.25, 0.3) is 0 Å². The summed E-state index contributed by atoms with van der Waals surface area (Å²) < 4.78 is 5.78. The van der Waals surface area contributed by atoms with Crippen molar-refractivity contribution in [2.75, 3.05) is 25.5 Å². The lowest BCUT2D eigenvalue weighted by Gasteiger charge is -2.27. The van der Waals surface area contributed by atoms with Gasteiger partial charge in [-0.3, -0.25) is 9.59 Å². The van der Waals surface area contributed by atoms with Gasteiger partial charge in [0.2, 0.25) is 11.8 Å². The van der Waals surface area contributed by atoms with Crippen LogP contribution in [-0.4, -0.2) is 36.9 Å². The number of nitrogens with zero attached hydrogens (tertiary/aromatic N) is 1. The summed E-state index contributed by atoms with van der Waals surface area (Å²) in [6, 6.07) is 17.3. The molecular weight excluding hydrogens is 316 g/mol. The van der Waals surface area contributed by atoms with Crippen LogP contribution in [0.4, 0.5) is 5.69 Å². The van der Waals surface area contributed by atoms with Crippen LogP contribution in [0, 0.1) is 0 Å². The van der Waals surface area contributed by atoms with Gasteiger partial charge < -0.3 is 15.0 Å². The van der Waals surface area contributed by atoms with Crippen molar-refractivity contribution in [2.45, 2.75) is 18.9 Å². The first kappa shape index (κ1) is 17.2. The van der Waals surface area contributed by atoms with Crippen molar-refractivity contribution in [2.24, 2.45) is 0 Å². The first-order valence-electron chi connectivity index (χ1n) is 8.42. The molecule has 3 rings (SSSR count). The summed E-state index contributed by atoms with van der Waals surface area (Å²) in [5.74, 6) is -0.322. The highest BCUT2D eigenvalue weighted by Crippen LogP contribution is 2.29. The third-order valence-electron chi connectivity index (χ3n) is 4.32. The molecule has 0 radical (unpaired) electrons. The second kappa shape index (κ2) is 7.94. The highest BCUT2D eigenvalue weighted by molar-refractivity contribution is 5.94. The Bertz CT molecular complexity index is 746. The number of hydrogen-bond donors (Lipinski definition) is 1. The fourth-order valence-corrected chi connectivity index (χ4v) is 2.99. The molecule has 5 nitrogen and oxygen atoms in total. The molecule has 0 bridgehead atoms. The minimum atomic E-state index is -0.239. The standard InChI is InChI=1S/C20H22N2O3/c1-22(14-19(23)21-16-8-3-2-4-9-16)20(24)13-18-17-10-6-5-7-15(17)11-12-25-18/h2-10,18H,11-14H2,1H3,(H,21,23). The number of fused-ring (bicyclic) bond motifs is 1. The van der Waals surface area contributed by atoms with Crippen LogP contribution in [0.15, 0.2) is 54.6 Å². The molecule has 1 N–H and O–H groups in total. The van der Waals surface area contributed by atoms with Crippen LogP contribution in [0.1, 0.15) is 23.7 Å². The van der Waals surface area contributed by atoms with Crippen LogP contribution in [0.5, 0.6) is 0 Å². The average molecular weight is 338 g/mol. The minimum Gasteiger partial charge on any atom is -0.373 e. The van der Waals surface area contributed by atoms with Crippen molar-refractivity contribution in [3.8, 4) is 0 Å². The summed E-state index contributed by atoms with van der Waals surface area (Å²) in [5.41, 5.74) is 3.03. The Balaban J connectivity index is 1.55. The van der Waals surface area contributed by atoms with Crippen molar-refractivity contribution < 1.29 is 14.3 Å². The van der Waals surface area contributed by atoms with Crippen LogP contribution in [0.2, 0.25) is 0 Å². The molecule has 25 heavy (non-hydrogen) atoms. The van der Waals surface area contributed by atoms with Gasteiger partial charge in [0.1, 0.15) is 0 Å². The van der Waals surface area contributed by atoms with Crippen LogP contribution in [0.25, 0.3) is 0 Å². The Hall–Kier alpha value is -2.66. The molecule has 0 spiro atoms. The Kier molecular flexibility index (Phi) is 5.46. The number of para-hydroxylation sites is 1. The van der Waals surface area contributed by atoms with E-state index in [1.54, 1.807) is 7.05 Å². The normalized spacial score (nSPS) is 16.0. The number of benzene rings is 2. The van der Waals surface area contributed by atoms with Gasteiger partial charge in [-0.1, -0.05) is 42.5 Å². The van der Waals surface area contributed by atoms with Crippen molar-refractivity contribution in [3.05, 3.63) is 65.7 Å². The molecule has 0 saturated carbocycles. The third kappa shape index (κ3) is 4.45. The van der Waals surface area contributed by atoms with E-state index in [2.05, 4.69) is 11.4 Å². The van der Waals surface area contributed by atoms with Gasteiger partial charge in [-0.2, -0.15) is 0 Å². The molecule has 5 heteroatoms. The van der Waals surface area contributed by atoms with Gasteiger partial charge in [-0.25, -0.2) is 0 Å². The van der Waals surface area contributed by atoms with Crippen LogP contribution in [0.3, 0.4) is 0 Å². The molecule has 1 heterocycles. The topological polar surface area (TPSA) is 58.6 Å². The zero-order valence-electron chi connectivity index (χ0n) is 14.3. The maximum absolute atomic E-state index is 12.5. The summed E-state index contributed by atoms with van der Waals surface area (Å²) in [4.78, 5) is 26.0. The molecule has 1 atom stereocenters. The van der Waals surface area contributed by atoms with Crippen molar-refractivity contribution in [1.82, 2.24) is 4.90 Å². The van der Waals surface area contributed by atoms with E-state index in [1.807, 2.05) is 48.5 Å². The molecule has 1 unspecified atom stereocenters. The van der Waals surface area contributed by atoms with E-state index in [0.29, 0.717) is 6.61 Å². The second-order valence-corrected chi connectivity index (χ2v) is 6.18. The quantitative estimate of drug-likeness (QED) is 0.912. The van der Waals surface area contributed by atoms with Crippen LogP contribution < -0.4 is 5.32 Å². The van der Waals surface area contributed by atoms with Crippen molar-refractivity contribution in [1.29, 1.82) is 0 Å². The number of carbonyl (C=O) groups excluding carboxylic acids is 2. The van der Waals surface area contributed by atoms with Crippen LogP contribution in [-0.2, 0) is 20.7 Å². The first-order valence-corrected chi connectivity index (χ1v) is 8.42. The van der Waals surface area contributed by atoms with Gasteiger partial charge in [0.05, 0.1) is 25.7 Å². The number of ether oxygens (including phenoxy) is 1. The van der Waals surface area contributed by atoms with Crippen molar-refractivity contribution >= 4 is 17.5 Å². The molecule has 0 fully saturated rings. The zero-order chi connectivity index (χ0) is 17.6. The lowest BCUT2D eigenvalue weighted by molar-refractivity contribution is -0.136. The molecule has 0 saturated heterocycles. The predicted octanol–water partition coefficient (Wildman–Crippen LogP) is 2.79. The number of anilines is 1. The molecule has 0 aromatic heterocycles. The van der Waals surface area contributed by atoms with Gasteiger partial charge in [0.15, 0.2) is 0 Å². The molecule has 1 aliphatic rings. The molecule has 2 amide bonds. The average Bonchev–Trinajstić information content (AvgIpc) is 2.62. The lowest BCUT2D eigenvalue weighted by Crippen LogP contribution is -2.36. The maximum Gasteiger partial charge on any atom is 0.243 e. The Labute approximate surface area is 147 Å². The fourth-order valence-electron chi connectivity index (χ4n) is 2.99. The van der Waals surface area contributed by atoms with Crippen molar-refractivity contribution in [3.63, 3.8) is 0 Å². The number of likely N-dealkylation sites (N-methyl/N-ethyl adjacent to an activating group) is 1. The number of rotatable bonds is 5. The number of hydrogen-bond acceptors (Lipinski definition) is 3. The van der Waals surface area contributed by atoms with E-state index in [9.17, 15) is 9.59 Å². The smallest absolute Gasteiger partial charge is 0.243 e. The zero-order valence-corrected chi connectivity index (χ0v) is 14.3. The van der Waals surface area contributed by atoms with E-state index >= 15 is 0 Å². The molecule has 1 aliphatic heterocycles. The van der Waals surface area contributed by atoms with Crippen LogP contribution >= 0.6 is 0 Å². The summed E-state index contributed by atoms with van der Waals surface area (Å²) in [7, 11) is 1.64. The largest absolute Gasteiger partial charge is 0.373 e. The molecule has 0 aliphatic carbocycles. The van der Waals surface area contributed by atoms with E-state index < -0.39 is 0 Å². The summed E-state index contributed by atoms with van der Waals surface area (Å²) in [6.45, 7) is 0.634. The van der Waals surface area contributed by atoms with Gasteiger partial charge in [0, 0.05) is 12.7 Å². The Morgan fingerprint density at radius 3 is 2.64 bits per heavy atom. The Morgan fingerprint density at radius 2 is 1.84 bits per heavy atom. The molecule has 130 valence electrons. The summed E-state index contributed by atoms with van der Waals surface area (Å²) in [5, 5.41) is 2.78. The number of nitrogens with one attached hydrogen (secondary N) is 1. The van der Waals surface area contributed by atoms with Gasteiger partial charge in [-0.05, 0) is 29.7 Å². The molecule has 2 aromatic carbocycles. The minimum absolute atomic E-state index is 0.0160.